The van der Waals surface area contributed by atoms with Crippen LogP contribution in [0.15, 0.2) is 77.7 Å². The first-order valence-corrected chi connectivity index (χ1v) is 11.7. The van der Waals surface area contributed by atoms with Crippen molar-refractivity contribution in [1.29, 1.82) is 0 Å². The predicted octanol–water partition coefficient (Wildman–Crippen LogP) is 5.42. The lowest BCUT2D eigenvalue weighted by Gasteiger charge is -2.23. The van der Waals surface area contributed by atoms with Crippen molar-refractivity contribution in [3.05, 3.63) is 95.3 Å². The predicted molar refractivity (Wildman–Crippen MR) is 115 cm³/mol. The number of carbonyl (C=O) groups is 1. The number of rotatable bonds is 7. The van der Waals surface area contributed by atoms with Gasteiger partial charge >= 0.3 is 16.3 Å². The summed E-state index contributed by atoms with van der Waals surface area (Å²) in [7, 11) is -4.49. The Balaban J connectivity index is 1.48. The highest BCUT2D eigenvalue weighted by atomic mass is 32.2. The number of benzene rings is 3. The van der Waals surface area contributed by atoms with E-state index < -0.39 is 32.6 Å². The number of alkyl halides is 3. The van der Waals surface area contributed by atoms with Crippen LogP contribution in [0.25, 0.3) is 0 Å². The summed E-state index contributed by atoms with van der Waals surface area (Å²) in [5.74, 6) is -0.907. The monoisotopic (exact) mass is 493 g/mol. The first-order valence-electron chi connectivity index (χ1n) is 10.3. The molecule has 0 N–H and O–H groups in total. The van der Waals surface area contributed by atoms with Gasteiger partial charge in [-0.05, 0) is 66.9 Å². The first-order chi connectivity index (χ1) is 16.0. The highest BCUT2D eigenvalue weighted by molar-refractivity contribution is 7.87. The van der Waals surface area contributed by atoms with E-state index in [2.05, 4.69) is 0 Å². The van der Waals surface area contributed by atoms with Gasteiger partial charge in [0.1, 0.15) is 16.5 Å². The zero-order valence-corrected chi connectivity index (χ0v) is 18.4. The Kier molecular flexibility index (Phi) is 6.35. The molecule has 0 unspecified atom stereocenters. The van der Waals surface area contributed by atoms with Crippen LogP contribution in [-0.4, -0.2) is 25.3 Å². The molecule has 0 atom stereocenters. The van der Waals surface area contributed by atoms with Crippen molar-refractivity contribution in [2.75, 3.05) is 0 Å². The molecule has 3 aromatic rings. The van der Waals surface area contributed by atoms with Crippen molar-refractivity contribution >= 4 is 16.0 Å². The van der Waals surface area contributed by atoms with Gasteiger partial charge < -0.3 is 9.08 Å². The van der Waals surface area contributed by atoms with Gasteiger partial charge in [-0.15, -0.1) is 0 Å². The number of hydrogen-bond acceptors (Lipinski definition) is 4. The Bertz CT molecular complexity index is 1300. The van der Waals surface area contributed by atoms with E-state index in [1.165, 1.54) is 36.4 Å². The maximum absolute atomic E-state index is 13.5. The van der Waals surface area contributed by atoms with Crippen molar-refractivity contribution in [3.8, 4) is 5.75 Å². The summed E-state index contributed by atoms with van der Waals surface area (Å²) in [4.78, 5) is 13.9. The van der Waals surface area contributed by atoms with Crippen LogP contribution in [0, 0.1) is 5.82 Å². The lowest BCUT2D eigenvalue weighted by atomic mass is 10.1. The standard InChI is InChI=1S/C24H19F4NO4S/c25-19-5-1-3-17(13-19)23(30)29(20-9-10-20)15-16-7-11-21(12-8-16)33-34(31,32)22-6-2-4-18(14-22)24(26,27)28/h1-8,11-14,20H,9-10,15H2. The van der Waals surface area contributed by atoms with Crippen molar-refractivity contribution < 1.29 is 35.0 Å². The van der Waals surface area contributed by atoms with E-state index in [4.69, 9.17) is 4.18 Å². The molecule has 1 amide bonds. The van der Waals surface area contributed by atoms with Crippen LogP contribution in [0.5, 0.6) is 5.75 Å². The molecule has 1 fully saturated rings. The molecule has 0 aromatic heterocycles. The van der Waals surface area contributed by atoms with Crippen LogP contribution in [0.4, 0.5) is 17.6 Å². The smallest absolute Gasteiger partial charge is 0.379 e. The second kappa shape index (κ2) is 9.09. The van der Waals surface area contributed by atoms with Crippen molar-refractivity contribution in [1.82, 2.24) is 4.90 Å². The van der Waals surface area contributed by atoms with Gasteiger partial charge in [0, 0.05) is 18.2 Å². The molecule has 5 nitrogen and oxygen atoms in total. The SMILES string of the molecule is O=C(c1cccc(F)c1)N(Cc1ccc(OS(=O)(=O)c2cccc(C(F)(F)F)c2)cc1)C1CC1. The maximum Gasteiger partial charge on any atom is 0.416 e. The lowest BCUT2D eigenvalue weighted by Crippen LogP contribution is -2.32. The van der Waals surface area contributed by atoms with Gasteiger partial charge in [0.15, 0.2) is 0 Å². The number of nitrogens with zero attached hydrogens (tertiary/aromatic N) is 1. The molecule has 0 spiro atoms. The third-order valence-corrected chi connectivity index (χ3v) is 6.50. The Labute approximate surface area is 193 Å². The van der Waals surface area contributed by atoms with E-state index in [0.717, 1.165) is 31.0 Å². The number of amides is 1. The van der Waals surface area contributed by atoms with Gasteiger partial charge in [0.2, 0.25) is 0 Å². The third-order valence-electron chi connectivity index (χ3n) is 5.25. The molecule has 34 heavy (non-hydrogen) atoms. The molecule has 3 aromatic carbocycles. The van der Waals surface area contributed by atoms with Gasteiger partial charge in [0.25, 0.3) is 5.91 Å². The Morgan fingerprint density at radius 3 is 2.26 bits per heavy atom. The fourth-order valence-electron chi connectivity index (χ4n) is 3.39. The molecule has 1 aliphatic rings. The minimum Gasteiger partial charge on any atom is -0.379 e. The summed E-state index contributed by atoms with van der Waals surface area (Å²) in [6.07, 6.45) is -3.03. The molecular formula is C24H19F4NO4S. The van der Waals surface area contributed by atoms with Crippen LogP contribution < -0.4 is 4.18 Å². The Hall–Kier alpha value is -3.40. The van der Waals surface area contributed by atoms with Crippen LogP contribution in [0.3, 0.4) is 0 Å². The summed E-state index contributed by atoms with van der Waals surface area (Å²) in [5, 5.41) is 0. The van der Waals surface area contributed by atoms with Crippen LogP contribution >= 0.6 is 0 Å². The second-order valence-electron chi connectivity index (χ2n) is 7.88. The van der Waals surface area contributed by atoms with Crippen molar-refractivity contribution in [3.63, 3.8) is 0 Å². The van der Waals surface area contributed by atoms with E-state index in [0.29, 0.717) is 11.6 Å². The largest absolute Gasteiger partial charge is 0.416 e. The number of halogens is 4. The normalized spacial score (nSPS) is 14.0. The summed E-state index contributed by atoms with van der Waals surface area (Å²) < 4.78 is 82.1. The topological polar surface area (TPSA) is 63.7 Å². The first kappa shape index (κ1) is 23.7. The van der Waals surface area contributed by atoms with E-state index >= 15 is 0 Å². The number of hydrogen-bond donors (Lipinski definition) is 0. The van der Waals surface area contributed by atoms with Gasteiger partial charge in [-0.1, -0.05) is 24.3 Å². The Morgan fingerprint density at radius 2 is 1.65 bits per heavy atom. The fraction of sp³-hybridized carbons (Fsp3) is 0.208. The zero-order chi connectivity index (χ0) is 24.5. The molecule has 0 aliphatic heterocycles. The molecule has 0 radical (unpaired) electrons. The molecule has 1 saturated carbocycles. The molecule has 4 rings (SSSR count). The number of carbonyl (C=O) groups excluding carboxylic acids is 1. The average molecular weight is 493 g/mol. The maximum atomic E-state index is 13.5. The highest BCUT2D eigenvalue weighted by Gasteiger charge is 2.34. The third kappa shape index (κ3) is 5.56. The van der Waals surface area contributed by atoms with Crippen LogP contribution in [0.2, 0.25) is 0 Å². The zero-order valence-electron chi connectivity index (χ0n) is 17.6. The second-order valence-corrected chi connectivity index (χ2v) is 9.43. The minimum atomic E-state index is -4.69. The minimum absolute atomic E-state index is 0.0352. The van der Waals surface area contributed by atoms with Crippen molar-refractivity contribution in [2.45, 2.75) is 36.5 Å². The van der Waals surface area contributed by atoms with E-state index in [9.17, 15) is 30.8 Å². The summed E-state index contributed by atoms with van der Waals surface area (Å²) in [6.45, 7) is 0.223. The van der Waals surface area contributed by atoms with Gasteiger partial charge in [-0.2, -0.15) is 21.6 Å². The fourth-order valence-corrected chi connectivity index (χ4v) is 4.37. The molecular weight excluding hydrogens is 474 g/mol. The Morgan fingerprint density at radius 1 is 0.971 bits per heavy atom. The molecule has 178 valence electrons. The molecule has 0 saturated heterocycles. The van der Waals surface area contributed by atoms with E-state index in [1.54, 1.807) is 17.0 Å². The summed E-state index contributed by atoms with van der Waals surface area (Å²) >= 11 is 0. The van der Waals surface area contributed by atoms with Crippen LogP contribution in [0.1, 0.15) is 34.3 Å². The van der Waals surface area contributed by atoms with Gasteiger partial charge in [0.05, 0.1) is 5.56 Å². The highest BCUT2D eigenvalue weighted by Crippen LogP contribution is 2.32. The molecule has 1 aliphatic carbocycles. The van der Waals surface area contributed by atoms with Crippen molar-refractivity contribution in [2.24, 2.45) is 0 Å². The van der Waals surface area contributed by atoms with Crippen LogP contribution in [-0.2, 0) is 22.8 Å². The van der Waals surface area contributed by atoms with E-state index in [-0.39, 0.29) is 29.8 Å². The van der Waals surface area contributed by atoms with Gasteiger partial charge in [-0.25, -0.2) is 4.39 Å². The van der Waals surface area contributed by atoms with E-state index in [1.807, 2.05) is 0 Å². The summed E-state index contributed by atoms with van der Waals surface area (Å²) in [6, 6.07) is 14.6. The molecule has 0 heterocycles. The lowest BCUT2D eigenvalue weighted by molar-refractivity contribution is -0.137. The van der Waals surface area contributed by atoms with Gasteiger partial charge in [-0.3, -0.25) is 4.79 Å². The quantitative estimate of drug-likeness (QED) is 0.326. The summed E-state index contributed by atoms with van der Waals surface area (Å²) in [5.41, 5.74) is -0.185. The molecule has 0 bridgehead atoms. The average Bonchev–Trinajstić information content (AvgIpc) is 3.63. The molecule has 10 heteroatoms.